The van der Waals surface area contributed by atoms with Crippen molar-refractivity contribution >= 4 is 17.8 Å². The first-order chi connectivity index (χ1) is 16.1. The summed E-state index contributed by atoms with van der Waals surface area (Å²) in [5, 5.41) is 10.7. The number of nitrogens with one attached hydrogen (secondary N) is 1. The van der Waals surface area contributed by atoms with Crippen molar-refractivity contribution in [3.8, 4) is 11.1 Å². The van der Waals surface area contributed by atoms with E-state index in [0.717, 1.165) is 48.2 Å². The van der Waals surface area contributed by atoms with E-state index in [-0.39, 0.29) is 39.6 Å². The number of urea groups is 1. The summed E-state index contributed by atoms with van der Waals surface area (Å²) in [6, 6.07) is 19.5. The van der Waals surface area contributed by atoms with Crippen LogP contribution in [0.2, 0.25) is 0 Å². The maximum atomic E-state index is 13.5. The van der Waals surface area contributed by atoms with Crippen molar-refractivity contribution in [3.05, 3.63) is 78.0 Å². The van der Waals surface area contributed by atoms with Crippen molar-refractivity contribution in [3.63, 3.8) is 0 Å². The van der Waals surface area contributed by atoms with Gasteiger partial charge in [0.15, 0.2) is 11.9 Å². The summed E-state index contributed by atoms with van der Waals surface area (Å²) >= 11 is 0. The van der Waals surface area contributed by atoms with Gasteiger partial charge < -0.3 is 21.7 Å². The highest BCUT2D eigenvalue weighted by molar-refractivity contribution is 5.93. The van der Waals surface area contributed by atoms with Crippen LogP contribution in [0, 0.1) is 5.92 Å². The zero-order chi connectivity index (χ0) is 22.4. The molecular weight excluding hydrogens is 496 g/mol. The van der Waals surface area contributed by atoms with Gasteiger partial charge in [0.05, 0.1) is 13.1 Å². The number of hydrogen-bond donors (Lipinski definition) is 1. The van der Waals surface area contributed by atoms with Gasteiger partial charge in [-0.3, -0.25) is 10.1 Å². The number of anilines is 1. The SMILES string of the molecule is O=C(OC1C[N+]2(C(=O)Nc3cccnn3)CCC1CC2)C1c2ccccc2-c2ccccc21.[Br-]. The minimum absolute atomic E-state index is 0. The number of aromatic nitrogens is 2. The molecule has 2 aromatic carbocycles. The summed E-state index contributed by atoms with van der Waals surface area (Å²) in [7, 11) is 0. The maximum absolute atomic E-state index is 13.5. The summed E-state index contributed by atoms with van der Waals surface area (Å²) in [4.78, 5) is 26.7. The Kier molecular flexibility index (Phi) is 5.95. The van der Waals surface area contributed by atoms with Gasteiger partial charge in [0.2, 0.25) is 0 Å². The van der Waals surface area contributed by atoms with Gasteiger partial charge in [0.1, 0.15) is 12.5 Å². The van der Waals surface area contributed by atoms with Gasteiger partial charge >= 0.3 is 12.0 Å². The number of benzene rings is 2. The topological polar surface area (TPSA) is 81.2 Å². The fourth-order valence-electron chi connectivity index (χ4n) is 5.77. The van der Waals surface area contributed by atoms with E-state index in [9.17, 15) is 9.59 Å². The standard InChI is InChI=1S/C26H24N4O3.BrH/c31-25(24-20-8-3-1-6-18(20)19-7-2-4-9-21(19)24)33-22-16-30(14-11-17(22)12-15-30)26(32)28-23-10-5-13-27-29-23;/h1-10,13,17,22,24H,11-12,14-16H2;1H. The van der Waals surface area contributed by atoms with E-state index in [0.29, 0.717) is 18.3 Å². The second-order valence-electron chi connectivity index (χ2n) is 9.23. The first-order valence-electron chi connectivity index (χ1n) is 11.5. The summed E-state index contributed by atoms with van der Waals surface area (Å²) in [5.74, 6) is 0.0916. The Labute approximate surface area is 208 Å². The van der Waals surface area contributed by atoms with Crippen LogP contribution in [0.5, 0.6) is 0 Å². The summed E-state index contributed by atoms with van der Waals surface area (Å²) in [6.45, 7) is 2.00. The second kappa shape index (κ2) is 8.92. The molecule has 3 saturated heterocycles. The highest BCUT2D eigenvalue weighted by Crippen LogP contribution is 2.46. The third-order valence-corrected chi connectivity index (χ3v) is 7.49. The van der Waals surface area contributed by atoms with Crippen molar-refractivity contribution in [2.45, 2.75) is 24.9 Å². The quantitative estimate of drug-likeness (QED) is 0.411. The minimum Gasteiger partial charge on any atom is -1.00 e. The molecule has 0 spiro atoms. The number of fused-ring (bicyclic) bond motifs is 6. The highest BCUT2D eigenvalue weighted by atomic mass is 79.9. The van der Waals surface area contributed by atoms with E-state index < -0.39 is 5.92 Å². The fourth-order valence-corrected chi connectivity index (χ4v) is 5.77. The van der Waals surface area contributed by atoms with E-state index in [4.69, 9.17) is 4.74 Å². The smallest absolute Gasteiger partial charge is 0.422 e. The molecule has 1 aliphatic carbocycles. The van der Waals surface area contributed by atoms with Gasteiger partial charge in [-0.1, -0.05) is 48.5 Å². The number of carbonyl (C=O) groups excluding carboxylic acids is 2. The average molecular weight is 521 g/mol. The lowest BCUT2D eigenvalue weighted by atomic mass is 9.83. The number of quaternary nitrogens is 1. The molecule has 174 valence electrons. The molecule has 0 saturated carbocycles. The molecule has 3 fully saturated rings. The molecule has 8 heteroatoms. The number of nitrogens with zero attached hydrogens (tertiary/aromatic N) is 3. The third kappa shape index (κ3) is 3.71. The van der Waals surface area contributed by atoms with Crippen LogP contribution in [-0.4, -0.2) is 52.4 Å². The molecule has 2 bridgehead atoms. The average Bonchev–Trinajstić information content (AvgIpc) is 3.20. The molecule has 1 aromatic heterocycles. The van der Waals surface area contributed by atoms with Gasteiger partial charge in [-0.05, 0) is 34.4 Å². The predicted octanol–water partition coefficient (Wildman–Crippen LogP) is 0.977. The number of carbonyl (C=O) groups is 2. The van der Waals surface area contributed by atoms with E-state index >= 15 is 0 Å². The second-order valence-corrected chi connectivity index (χ2v) is 9.23. The zero-order valence-corrected chi connectivity index (χ0v) is 20.1. The van der Waals surface area contributed by atoms with E-state index in [1.54, 1.807) is 18.3 Å². The van der Waals surface area contributed by atoms with Crippen molar-refractivity contribution in [1.82, 2.24) is 10.2 Å². The largest absolute Gasteiger partial charge is 1.00 e. The lowest BCUT2D eigenvalue weighted by Crippen LogP contribution is -3.00. The predicted molar refractivity (Wildman–Crippen MR) is 122 cm³/mol. The Morgan fingerprint density at radius 2 is 1.56 bits per heavy atom. The molecule has 0 radical (unpaired) electrons. The van der Waals surface area contributed by atoms with Crippen LogP contribution >= 0.6 is 0 Å². The Morgan fingerprint density at radius 3 is 2.18 bits per heavy atom. The molecule has 1 N–H and O–H groups in total. The summed E-state index contributed by atoms with van der Waals surface area (Å²) in [5.41, 5.74) is 4.18. The molecule has 3 aromatic rings. The number of ether oxygens (including phenoxy) is 1. The molecule has 4 aliphatic rings. The summed E-state index contributed by atoms with van der Waals surface area (Å²) in [6.07, 6.45) is 3.03. The Bertz CT molecular complexity index is 1180. The van der Waals surface area contributed by atoms with Gasteiger partial charge in [-0.25, -0.2) is 9.28 Å². The molecule has 2 amide bonds. The number of rotatable bonds is 3. The third-order valence-electron chi connectivity index (χ3n) is 7.49. The van der Waals surface area contributed by atoms with Crippen molar-refractivity contribution in [2.75, 3.05) is 25.0 Å². The normalized spacial score (nSPS) is 24.5. The first kappa shape index (κ1) is 22.7. The number of esters is 1. The molecule has 3 aliphatic heterocycles. The van der Waals surface area contributed by atoms with Crippen LogP contribution in [0.4, 0.5) is 10.6 Å². The van der Waals surface area contributed by atoms with Gasteiger partial charge in [-0.15, -0.1) is 5.10 Å². The van der Waals surface area contributed by atoms with Crippen molar-refractivity contribution in [2.24, 2.45) is 5.92 Å². The lowest BCUT2D eigenvalue weighted by molar-refractivity contribution is -0.869. The van der Waals surface area contributed by atoms with Crippen LogP contribution in [0.15, 0.2) is 66.9 Å². The van der Waals surface area contributed by atoms with E-state index in [1.807, 2.05) is 36.4 Å². The number of piperidine rings is 3. The molecular formula is C26H25BrN4O3. The van der Waals surface area contributed by atoms with Gasteiger partial charge in [0.25, 0.3) is 0 Å². The highest BCUT2D eigenvalue weighted by Gasteiger charge is 2.52. The van der Waals surface area contributed by atoms with E-state index in [2.05, 4.69) is 27.6 Å². The number of halogens is 1. The number of hydrogen-bond acceptors (Lipinski definition) is 5. The maximum Gasteiger partial charge on any atom is 0.422 e. The van der Waals surface area contributed by atoms with Gasteiger partial charge in [0, 0.05) is 25.0 Å². The molecule has 34 heavy (non-hydrogen) atoms. The Morgan fingerprint density at radius 1 is 0.912 bits per heavy atom. The van der Waals surface area contributed by atoms with Crippen LogP contribution < -0.4 is 22.3 Å². The molecule has 4 heterocycles. The van der Waals surface area contributed by atoms with E-state index in [1.165, 1.54) is 0 Å². The first-order valence-corrected chi connectivity index (χ1v) is 11.5. The monoisotopic (exact) mass is 520 g/mol. The number of amides is 2. The van der Waals surface area contributed by atoms with Crippen LogP contribution in [-0.2, 0) is 9.53 Å². The minimum atomic E-state index is -0.422. The molecule has 7 nitrogen and oxygen atoms in total. The summed E-state index contributed by atoms with van der Waals surface area (Å²) < 4.78 is 6.45. The van der Waals surface area contributed by atoms with Crippen LogP contribution in [0.25, 0.3) is 11.1 Å². The molecule has 7 rings (SSSR count). The zero-order valence-electron chi connectivity index (χ0n) is 18.6. The van der Waals surface area contributed by atoms with Gasteiger partial charge in [-0.2, -0.15) is 5.10 Å². The van der Waals surface area contributed by atoms with Crippen molar-refractivity contribution in [1.29, 1.82) is 0 Å². The Hall–Kier alpha value is -3.10. The van der Waals surface area contributed by atoms with Crippen molar-refractivity contribution < 1.29 is 35.8 Å². The molecule has 1 unspecified atom stereocenters. The van der Waals surface area contributed by atoms with Crippen LogP contribution in [0.3, 0.4) is 0 Å². The fraction of sp³-hybridized carbons (Fsp3) is 0.308. The lowest BCUT2D eigenvalue weighted by Gasteiger charge is -2.49. The Balaban J connectivity index is 0.00000241. The molecule has 1 atom stereocenters. The van der Waals surface area contributed by atoms with Crippen LogP contribution in [0.1, 0.15) is 29.9 Å².